The molecule has 3 rings (SSSR count). The number of hydrogen-bond donors (Lipinski definition) is 1. The molecule has 0 bridgehead atoms. The van der Waals surface area contributed by atoms with Crippen molar-refractivity contribution in [3.8, 4) is 11.8 Å². The molecule has 1 amide bonds. The molecule has 3 aromatic carbocycles. The summed E-state index contributed by atoms with van der Waals surface area (Å²) in [5.41, 5.74) is 2.43. The van der Waals surface area contributed by atoms with E-state index >= 15 is 0 Å². The fourth-order valence-corrected chi connectivity index (χ4v) is 2.99. The van der Waals surface area contributed by atoms with Gasteiger partial charge in [-0.25, -0.2) is 4.39 Å². The monoisotopic (exact) mass is 414 g/mol. The molecular weight excluding hydrogens is 391 g/mol. The minimum atomic E-state index is -0.393. The number of amides is 1. The number of nitriles is 1. The molecule has 0 unspecified atom stereocenters. The van der Waals surface area contributed by atoms with Gasteiger partial charge in [-0.15, -0.1) is 0 Å². The third kappa shape index (κ3) is 6.83. The molecule has 0 aliphatic rings. The highest BCUT2D eigenvalue weighted by atomic mass is 19.1. The summed E-state index contributed by atoms with van der Waals surface area (Å²) in [5, 5.41) is 12.1. The third-order valence-electron chi connectivity index (χ3n) is 4.68. The Morgan fingerprint density at radius 3 is 2.42 bits per heavy atom. The zero-order valence-electron chi connectivity index (χ0n) is 17.1. The maximum atomic E-state index is 13.7. The molecule has 0 saturated carbocycles. The van der Waals surface area contributed by atoms with Crippen LogP contribution < -0.4 is 10.1 Å². The Labute approximate surface area is 181 Å². The molecular formula is C26H23FN2O2. The van der Waals surface area contributed by atoms with Gasteiger partial charge in [0.15, 0.2) is 0 Å². The van der Waals surface area contributed by atoms with Crippen molar-refractivity contribution in [3.63, 3.8) is 0 Å². The lowest BCUT2D eigenvalue weighted by molar-refractivity contribution is -0.117. The predicted octanol–water partition coefficient (Wildman–Crippen LogP) is 5.06. The molecule has 0 radical (unpaired) electrons. The first-order chi connectivity index (χ1) is 15.2. The number of benzene rings is 3. The van der Waals surface area contributed by atoms with Crippen LogP contribution in [0.5, 0.6) is 5.75 Å². The first-order valence-corrected chi connectivity index (χ1v) is 10.1. The number of halogens is 1. The van der Waals surface area contributed by atoms with Gasteiger partial charge in [0.05, 0.1) is 0 Å². The van der Waals surface area contributed by atoms with Crippen LogP contribution in [0.4, 0.5) is 4.39 Å². The number of aryl methyl sites for hydroxylation is 1. The Morgan fingerprint density at radius 1 is 1.00 bits per heavy atom. The van der Waals surface area contributed by atoms with Gasteiger partial charge in [0.1, 0.15) is 29.8 Å². The molecule has 0 aliphatic heterocycles. The number of carbonyl (C=O) groups excluding carboxylic acids is 1. The Kier molecular flexibility index (Phi) is 7.96. The van der Waals surface area contributed by atoms with Gasteiger partial charge in [0.2, 0.25) is 0 Å². The van der Waals surface area contributed by atoms with E-state index in [1.54, 1.807) is 42.5 Å². The predicted molar refractivity (Wildman–Crippen MR) is 119 cm³/mol. The summed E-state index contributed by atoms with van der Waals surface area (Å²) in [6, 6.07) is 25.4. The van der Waals surface area contributed by atoms with E-state index in [1.165, 1.54) is 17.7 Å². The van der Waals surface area contributed by atoms with Crippen LogP contribution in [0.2, 0.25) is 0 Å². The fraction of sp³-hybridized carbons (Fsp3) is 0.154. The number of ether oxygens (including phenoxy) is 1. The summed E-state index contributed by atoms with van der Waals surface area (Å²) in [5.74, 6) is -0.129. The van der Waals surface area contributed by atoms with E-state index in [2.05, 4.69) is 5.32 Å². The molecule has 0 aliphatic carbocycles. The first-order valence-electron chi connectivity index (χ1n) is 10.1. The lowest BCUT2D eigenvalue weighted by atomic mass is 10.1. The number of rotatable bonds is 9. The minimum absolute atomic E-state index is 0.0414. The minimum Gasteiger partial charge on any atom is -0.489 e. The van der Waals surface area contributed by atoms with Crippen LogP contribution in [-0.4, -0.2) is 12.5 Å². The number of carbonyl (C=O) groups is 1. The molecule has 1 N–H and O–H groups in total. The van der Waals surface area contributed by atoms with Gasteiger partial charge in [-0.1, -0.05) is 60.7 Å². The number of nitrogens with one attached hydrogen (secondary N) is 1. The summed E-state index contributed by atoms with van der Waals surface area (Å²) in [6.45, 7) is 0.617. The molecule has 4 nitrogen and oxygen atoms in total. The van der Waals surface area contributed by atoms with E-state index in [0.29, 0.717) is 23.4 Å². The Hall–Kier alpha value is -3.91. The largest absolute Gasteiger partial charge is 0.489 e. The molecule has 3 aromatic rings. The summed E-state index contributed by atoms with van der Waals surface area (Å²) < 4.78 is 19.3. The van der Waals surface area contributed by atoms with Gasteiger partial charge in [-0.2, -0.15) is 5.26 Å². The van der Waals surface area contributed by atoms with E-state index in [4.69, 9.17) is 4.74 Å². The van der Waals surface area contributed by atoms with Crippen molar-refractivity contribution in [1.29, 1.82) is 5.26 Å². The summed E-state index contributed by atoms with van der Waals surface area (Å²) >= 11 is 0. The standard InChI is InChI=1S/C26H23FN2O2/c27-25-11-5-4-10-22(25)19-31-24-14-12-21(13-15-24)17-23(18-28)26(30)29-16-6-9-20-7-2-1-3-8-20/h1-5,7-8,10-15,17H,6,9,16,19H2,(H,29,30)/b23-17-. The van der Waals surface area contributed by atoms with Crippen LogP contribution in [0.1, 0.15) is 23.1 Å². The number of nitrogens with zero attached hydrogens (tertiary/aromatic N) is 1. The molecule has 0 heterocycles. The molecule has 0 atom stereocenters. The summed E-state index contributed by atoms with van der Waals surface area (Å²) in [7, 11) is 0. The zero-order chi connectivity index (χ0) is 21.9. The second-order valence-electron chi connectivity index (χ2n) is 6.96. The first kappa shape index (κ1) is 21.8. The van der Waals surface area contributed by atoms with Crippen LogP contribution in [0, 0.1) is 17.1 Å². The van der Waals surface area contributed by atoms with Crippen molar-refractivity contribution in [1.82, 2.24) is 5.32 Å². The quantitative estimate of drug-likeness (QED) is 0.302. The second-order valence-corrected chi connectivity index (χ2v) is 6.96. The molecule has 0 spiro atoms. The average molecular weight is 414 g/mol. The smallest absolute Gasteiger partial charge is 0.261 e. The Morgan fingerprint density at radius 2 is 1.71 bits per heavy atom. The van der Waals surface area contributed by atoms with Crippen molar-refractivity contribution in [2.24, 2.45) is 0 Å². The molecule has 31 heavy (non-hydrogen) atoms. The van der Waals surface area contributed by atoms with Gasteiger partial charge in [-0.3, -0.25) is 4.79 Å². The summed E-state index contributed by atoms with van der Waals surface area (Å²) in [4.78, 5) is 12.3. The van der Waals surface area contributed by atoms with Crippen LogP contribution in [0.25, 0.3) is 6.08 Å². The molecule has 0 fully saturated rings. The van der Waals surface area contributed by atoms with Crippen molar-refractivity contribution in [2.45, 2.75) is 19.4 Å². The topological polar surface area (TPSA) is 62.1 Å². The van der Waals surface area contributed by atoms with Gasteiger partial charge in [-0.05, 0) is 48.2 Å². The highest BCUT2D eigenvalue weighted by molar-refractivity contribution is 6.01. The average Bonchev–Trinajstić information content (AvgIpc) is 2.81. The normalized spacial score (nSPS) is 10.9. The lowest BCUT2D eigenvalue weighted by Crippen LogP contribution is -2.25. The molecule has 0 aromatic heterocycles. The highest BCUT2D eigenvalue weighted by Gasteiger charge is 2.08. The Balaban J connectivity index is 1.50. The van der Waals surface area contributed by atoms with Crippen molar-refractivity contribution >= 4 is 12.0 Å². The Bertz CT molecular complexity index is 1070. The van der Waals surface area contributed by atoms with Gasteiger partial charge < -0.3 is 10.1 Å². The van der Waals surface area contributed by atoms with E-state index in [1.807, 2.05) is 36.4 Å². The fourth-order valence-electron chi connectivity index (χ4n) is 2.99. The van der Waals surface area contributed by atoms with Crippen LogP contribution in [-0.2, 0) is 17.8 Å². The van der Waals surface area contributed by atoms with Gasteiger partial charge in [0.25, 0.3) is 5.91 Å². The zero-order valence-corrected chi connectivity index (χ0v) is 17.1. The second kappa shape index (κ2) is 11.3. The van der Waals surface area contributed by atoms with E-state index in [-0.39, 0.29) is 18.0 Å². The van der Waals surface area contributed by atoms with Crippen molar-refractivity contribution in [3.05, 3.63) is 107 Å². The third-order valence-corrected chi connectivity index (χ3v) is 4.68. The van der Waals surface area contributed by atoms with E-state index in [9.17, 15) is 14.4 Å². The van der Waals surface area contributed by atoms with E-state index < -0.39 is 5.91 Å². The maximum absolute atomic E-state index is 13.7. The highest BCUT2D eigenvalue weighted by Crippen LogP contribution is 2.17. The molecule has 5 heteroatoms. The lowest BCUT2D eigenvalue weighted by Gasteiger charge is -2.07. The van der Waals surface area contributed by atoms with Crippen LogP contribution in [0.15, 0.2) is 84.4 Å². The molecule has 156 valence electrons. The van der Waals surface area contributed by atoms with E-state index in [0.717, 1.165) is 12.8 Å². The van der Waals surface area contributed by atoms with Crippen molar-refractivity contribution in [2.75, 3.05) is 6.54 Å². The van der Waals surface area contributed by atoms with Gasteiger partial charge in [0, 0.05) is 12.1 Å². The maximum Gasteiger partial charge on any atom is 0.261 e. The SMILES string of the molecule is N#C/C(=C/c1ccc(OCc2ccccc2F)cc1)C(=O)NCCCc1ccccc1. The van der Waals surface area contributed by atoms with Crippen LogP contribution in [0.3, 0.4) is 0 Å². The van der Waals surface area contributed by atoms with Gasteiger partial charge >= 0.3 is 0 Å². The molecule has 0 saturated heterocycles. The summed E-state index contributed by atoms with van der Waals surface area (Å²) in [6.07, 6.45) is 3.19. The number of hydrogen-bond acceptors (Lipinski definition) is 3. The van der Waals surface area contributed by atoms with Crippen LogP contribution >= 0.6 is 0 Å². The van der Waals surface area contributed by atoms with Crippen molar-refractivity contribution < 1.29 is 13.9 Å².